The molecule has 4 nitrogen and oxygen atoms in total. The molecule has 1 aromatic rings. The van der Waals surface area contributed by atoms with Crippen molar-refractivity contribution < 1.29 is 9.21 Å². The van der Waals surface area contributed by atoms with E-state index in [1.807, 2.05) is 6.07 Å². The molecule has 1 aliphatic heterocycles. The lowest BCUT2D eigenvalue weighted by Gasteiger charge is -2.38. The molecular weight excluding hydrogens is 264 g/mol. The summed E-state index contributed by atoms with van der Waals surface area (Å²) in [5.74, 6) is 1.29. The zero-order valence-corrected chi connectivity index (χ0v) is 12.9. The van der Waals surface area contributed by atoms with Crippen LogP contribution in [-0.2, 0) is 11.2 Å². The molecule has 2 unspecified atom stereocenters. The number of amides is 1. The highest BCUT2D eigenvalue weighted by atomic mass is 16.3. The number of hydrogen-bond acceptors (Lipinski definition) is 3. The molecule has 0 saturated carbocycles. The van der Waals surface area contributed by atoms with Crippen LogP contribution in [0.3, 0.4) is 0 Å². The first-order valence-corrected chi connectivity index (χ1v) is 8.33. The highest BCUT2D eigenvalue weighted by Gasteiger charge is 2.40. The minimum atomic E-state index is -0.214. The molecule has 0 aromatic carbocycles. The van der Waals surface area contributed by atoms with Crippen LogP contribution in [0.1, 0.15) is 62.8 Å². The second-order valence-corrected chi connectivity index (χ2v) is 6.53. The van der Waals surface area contributed by atoms with Crippen molar-refractivity contribution in [3.05, 3.63) is 23.7 Å². The standard InChI is InChI=1S/C17H26N2O2/c1-2-8-17(9-4-10-18-12-17)16(20)19-14-5-3-6-15-13(14)7-11-21-15/h7,11,14,18H,2-6,8-10,12H2,1H3,(H,19,20). The van der Waals surface area contributed by atoms with Crippen LogP contribution in [0.5, 0.6) is 0 Å². The average molecular weight is 290 g/mol. The van der Waals surface area contributed by atoms with Crippen molar-refractivity contribution in [3.8, 4) is 0 Å². The molecule has 116 valence electrons. The van der Waals surface area contributed by atoms with Crippen molar-refractivity contribution in [2.45, 2.75) is 57.9 Å². The van der Waals surface area contributed by atoms with Crippen LogP contribution in [-0.4, -0.2) is 19.0 Å². The van der Waals surface area contributed by atoms with E-state index < -0.39 is 0 Å². The molecule has 21 heavy (non-hydrogen) atoms. The monoisotopic (exact) mass is 290 g/mol. The van der Waals surface area contributed by atoms with E-state index >= 15 is 0 Å². The van der Waals surface area contributed by atoms with Gasteiger partial charge in [0.15, 0.2) is 0 Å². The van der Waals surface area contributed by atoms with E-state index in [1.54, 1.807) is 6.26 Å². The number of carbonyl (C=O) groups excluding carboxylic acids is 1. The Labute approximate surface area is 126 Å². The third-order valence-corrected chi connectivity index (χ3v) is 5.04. The van der Waals surface area contributed by atoms with Crippen molar-refractivity contribution in [1.29, 1.82) is 0 Å². The van der Waals surface area contributed by atoms with E-state index in [4.69, 9.17) is 4.42 Å². The quantitative estimate of drug-likeness (QED) is 0.896. The molecule has 2 heterocycles. The Balaban J connectivity index is 1.73. The average Bonchev–Trinajstić information content (AvgIpc) is 2.98. The number of rotatable bonds is 4. The molecule has 0 bridgehead atoms. The third kappa shape index (κ3) is 2.86. The van der Waals surface area contributed by atoms with Crippen LogP contribution in [0.15, 0.2) is 16.7 Å². The second-order valence-electron chi connectivity index (χ2n) is 6.53. The van der Waals surface area contributed by atoms with Crippen LogP contribution in [0, 0.1) is 5.41 Å². The number of hydrogen-bond donors (Lipinski definition) is 2. The van der Waals surface area contributed by atoms with Crippen LogP contribution >= 0.6 is 0 Å². The van der Waals surface area contributed by atoms with Gasteiger partial charge in [0.25, 0.3) is 0 Å². The first-order chi connectivity index (χ1) is 10.2. The van der Waals surface area contributed by atoms with Gasteiger partial charge in [-0.2, -0.15) is 0 Å². The Kier molecular flexibility index (Phi) is 4.34. The number of piperidine rings is 1. The minimum absolute atomic E-state index is 0.135. The predicted octanol–water partition coefficient (Wildman–Crippen LogP) is 2.94. The number of carbonyl (C=O) groups is 1. The maximum atomic E-state index is 12.9. The molecule has 0 spiro atoms. The van der Waals surface area contributed by atoms with Crippen molar-refractivity contribution in [3.63, 3.8) is 0 Å². The highest BCUT2D eigenvalue weighted by molar-refractivity contribution is 5.83. The summed E-state index contributed by atoms with van der Waals surface area (Å²) in [4.78, 5) is 12.9. The van der Waals surface area contributed by atoms with Crippen molar-refractivity contribution in [1.82, 2.24) is 10.6 Å². The van der Waals surface area contributed by atoms with E-state index in [-0.39, 0.29) is 17.4 Å². The summed E-state index contributed by atoms with van der Waals surface area (Å²) in [6.45, 7) is 4.02. The molecule has 4 heteroatoms. The molecule has 2 aliphatic rings. The van der Waals surface area contributed by atoms with Gasteiger partial charge in [0.05, 0.1) is 17.7 Å². The number of fused-ring (bicyclic) bond motifs is 1. The summed E-state index contributed by atoms with van der Waals surface area (Å²) in [5, 5.41) is 6.73. The van der Waals surface area contributed by atoms with Gasteiger partial charge in [-0.15, -0.1) is 0 Å². The molecule has 2 N–H and O–H groups in total. The van der Waals surface area contributed by atoms with Gasteiger partial charge in [-0.05, 0) is 44.7 Å². The SMILES string of the molecule is CCCC1(C(=O)NC2CCCc3occc32)CCCNC1. The number of aryl methyl sites for hydroxylation is 1. The lowest BCUT2D eigenvalue weighted by Crippen LogP contribution is -2.51. The molecular formula is C17H26N2O2. The largest absolute Gasteiger partial charge is 0.469 e. The fourth-order valence-electron chi connectivity index (χ4n) is 3.91. The summed E-state index contributed by atoms with van der Waals surface area (Å²) in [6.07, 6.45) is 8.97. The van der Waals surface area contributed by atoms with Crippen LogP contribution in [0.2, 0.25) is 0 Å². The molecule has 1 aliphatic carbocycles. The first kappa shape index (κ1) is 14.6. The fraction of sp³-hybridized carbons (Fsp3) is 0.706. The van der Waals surface area contributed by atoms with Gasteiger partial charge in [0, 0.05) is 18.5 Å². The Bertz CT molecular complexity index is 483. The summed E-state index contributed by atoms with van der Waals surface area (Å²) >= 11 is 0. The minimum Gasteiger partial charge on any atom is -0.469 e. The predicted molar refractivity (Wildman–Crippen MR) is 82.0 cm³/mol. The van der Waals surface area contributed by atoms with Crippen LogP contribution in [0.4, 0.5) is 0 Å². The molecule has 1 fully saturated rings. The Morgan fingerprint density at radius 2 is 2.43 bits per heavy atom. The molecule has 0 radical (unpaired) electrons. The van der Waals surface area contributed by atoms with Gasteiger partial charge in [0.2, 0.25) is 5.91 Å². The lowest BCUT2D eigenvalue weighted by molar-refractivity contribution is -0.133. The number of furan rings is 1. The van der Waals surface area contributed by atoms with Crippen LogP contribution in [0.25, 0.3) is 0 Å². The summed E-state index contributed by atoms with van der Waals surface area (Å²) in [7, 11) is 0. The molecule has 2 atom stereocenters. The zero-order valence-electron chi connectivity index (χ0n) is 12.9. The Morgan fingerprint density at radius 1 is 1.52 bits per heavy atom. The van der Waals surface area contributed by atoms with E-state index in [0.29, 0.717) is 0 Å². The third-order valence-electron chi connectivity index (χ3n) is 5.04. The van der Waals surface area contributed by atoms with Crippen molar-refractivity contribution in [2.75, 3.05) is 13.1 Å². The van der Waals surface area contributed by atoms with Gasteiger partial charge >= 0.3 is 0 Å². The van der Waals surface area contributed by atoms with E-state index in [1.165, 1.54) is 5.56 Å². The van der Waals surface area contributed by atoms with Crippen LogP contribution < -0.4 is 10.6 Å². The Hall–Kier alpha value is -1.29. The van der Waals surface area contributed by atoms with Gasteiger partial charge in [-0.3, -0.25) is 4.79 Å². The molecule has 3 rings (SSSR count). The topological polar surface area (TPSA) is 54.3 Å². The van der Waals surface area contributed by atoms with Crippen molar-refractivity contribution >= 4 is 5.91 Å². The van der Waals surface area contributed by atoms with Gasteiger partial charge in [0.1, 0.15) is 5.76 Å². The molecule has 1 saturated heterocycles. The lowest BCUT2D eigenvalue weighted by atomic mass is 9.75. The normalized spacial score (nSPS) is 28.9. The summed E-state index contributed by atoms with van der Waals surface area (Å²) in [6, 6.07) is 2.15. The smallest absolute Gasteiger partial charge is 0.227 e. The summed E-state index contributed by atoms with van der Waals surface area (Å²) < 4.78 is 5.52. The number of nitrogens with one attached hydrogen (secondary N) is 2. The maximum absolute atomic E-state index is 12.9. The fourth-order valence-corrected chi connectivity index (χ4v) is 3.91. The summed E-state index contributed by atoms with van der Waals surface area (Å²) in [5.41, 5.74) is 0.971. The van der Waals surface area contributed by atoms with Gasteiger partial charge in [-0.25, -0.2) is 0 Å². The maximum Gasteiger partial charge on any atom is 0.227 e. The first-order valence-electron chi connectivity index (χ1n) is 8.33. The zero-order chi connectivity index (χ0) is 14.7. The van der Waals surface area contributed by atoms with Gasteiger partial charge in [-0.1, -0.05) is 13.3 Å². The van der Waals surface area contributed by atoms with Crippen molar-refractivity contribution in [2.24, 2.45) is 5.41 Å². The Morgan fingerprint density at radius 3 is 3.19 bits per heavy atom. The van der Waals surface area contributed by atoms with E-state index in [0.717, 1.165) is 63.8 Å². The van der Waals surface area contributed by atoms with E-state index in [2.05, 4.69) is 17.6 Å². The van der Waals surface area contributed by atoms with Gasteiger partial charge < -0.3 is 15.1 Å². The molecule has 1 aromatic heterocycles. The second kappa shape index (κ2) is 6.22. The highest BCUT2D eigenvalue weighted by Crippen LogP contribution is 2.35. The molecule has 1 amide bonds. The van der Waals surface area contributed by atoms with E-state index in [9.17, 15) is 4.79 Å².